The van der Waals surface area contributed by atoms with Crippen molar-refractivity contribution in [2.24, 2.45) is 5.92 Å². The van der Waals surface area contributed by atoms with Gasteiger partial charge in [-0.25, -0.2) is 0 Å². The Labute approximate surface area is 133 Å². The molecule has 2 rings (SSSR count). The Kier molecular flexibility index (Phi) is 5.41. The zero-order valence-electron chi connectivity index (χ0n) is 12.7. The molecule has 7 nitrogen and oxygen atoms in total. The van der Waals surface area contributed by atoms with E-state index in [2.05, 4.69) is 5.32 Å². The summed E-state index contributed by atoms with van der Waals surface area (Å²) in [5.41, 5.74) is 0.435. The molecule has 0 spiro atoms. The quantitative estimate of drug-likeness (QED) is 0.818. The fourth-order valence-electron chi connectivity index (χ4n) is 2.61. The molecule has 1 aliphatic carbocycles. The van der Waals surface area contributed by atoms with Gasteiger partial charge in [0, 0.05) is 12.1 Å². The van der Waals surface area contributed by atoms with E-state index < -0.39 is 5.97 Å². The highest BCUT2D eigenvalue weighted by Crippen LogP contribution is 2.28. The van der Waals surface area contributed by atoms with Gasteiger partial charge in [-0.2, -0.15) is 5.26 Å². The lowest BCUT2D eigenvalue weighted by Crippen LogP contribution is -2.36. The molecule has 7 heteroatoms. The molecule has 1 aromatic carbocycles. The first kappa shape index (κ1) is 16.6. The molecule has 0 radical (unpaired) electrons. The first-order valence-electron chi connectivity index (χ1n) is 7.26. The summed E-state index contributed by atoms with van der Waals surface area (Å²) in [5, 5.41) is 20.6. The summed E-state index contributed by atoms with van der Waals surface area (Å²) < 4.78 is 10.5. The molecule has 0 aliphatic heterocycles. The molecule has 0 aromatic heterocycles. The molecule has 23 heavy (non-hydrogen) atoms. The smallest absolute Gasteiger partial charge is 0.306 e. The highest BCUT2D eigenvalue weighted by Gasteiger charge is 2.30. The number of nitrogens with one attached hydrogen (secondary N) is 1. The lowest BCUT2D eigenvalue weighted by Gasteiger charge is -2.14. The van der Waals surface area contributed by atoms with Gasteiger partial charge < -0.3 is 19.9 Å². The van der Waals surface area contributed by atoms with Crippen LogP contribution in [0.5, 0.6) is 11.5 Å². The molecular formula is C16H18N2O5. The number of ether oxygens (including phenoxy) is 2. The van der Waals surface area contributed by atoms with Crippen molar-refractivity contribution in [3.63, 3.8) is 0 Å². The summed E-state index contributed by atoms with van der Waals surface area (Å²) in [6.07, 6.45) is 1.68. The molecule has 1 amide bonds. The highest BCUT2D eigenvalue weighted by atomic mass is 16.5. The normalized spacial score (nSPS) is 19.7. The molecule has 0 bridgehead atoms. The van der Waals surface area contributed by atoms with Gasteiger partial charge in [0.15, 0.2) is 18.1 Å². The van der Waals surface area contributed by atoms with E-state index in [1.165, 1.54) is 13.2 Å². The average molecular weight is 318 g/mol. The molecule has 1 aromatic rings. The van der Waals surface area contributed by atoms with Crippen LogP contribution in [0, 0.1) is 17.2 Å². The van der Waals surface area contributed by atoms with Crippen LogP contribution in [-0.4, -0.2) is 36.7 Å². The summed E-state index contributed by atoms with van der Waals surface area (Å²) in [7, 11) is 1.45. The zero-order valence-corrected chi connectivity index (χ0v) is 12.7. The largest absolute Gasteiger partial charge is 0.493 e. The van der Waals surface area contributed by atoms with Crippen molar-refractivity contribution in [2.75, 3.05) is 13.7 Å². The maximum absolute atomic E-state index is 11.9. The van der Waals surface area contributed by atoms with Crippen LogP contribution in [0.4, 0.5) is 0 Å². The van der Waals surface area contributed by atoms with Gasteiger partial charge >= 0.3 is 5.97 Å². The van der Waals surface area contributed by atoms with Crippen molar-refractivity contribution in [1.29, 1.82) is 5.26 Å². The maximum Gasteiger partial charge on any atom is 0.306 e. The van der Waals surface area contributed by atoms with Crippen LogP contribution in [0.2, 0.25) is 0 Å². The number of methoxy groups -OCH3 is 1. The van der Waals surface area contributed by atoms with Gasteiger partial charge in [-0.3, -0.25) is 9.59 Å². The molecule has 0 saturated heterocycles. The van der Waals surface area contributed by atoms with Gasteiger partial charge in [-0.05, 0) is 31.4 Å². The molecular weight excluding hydrogens is 300 g/mol. The van der Waals surface area contributed by atoms with Crippen molar-refractivity contribution in [1.82, 2.24) is 5.32 Å². The first-order valence-corrected chi connectivity index (χ1v) is 7.26. The molecule has 0 heterocycles. The van der Waals surface area contributed by atoms with Gasteiger partial charge in [-0.15, -0.1) is 0 Å². The third-order valence-electron chi connectivity index (χ3n) is 3.80. The number of nitrogens with zero attached hydrogens (tertiary/aromatic N) is 1. The Balaban J connectivity index is 1.85. The van der Waals surface area contributed by atoms with Gasteiger partial charge in [0.25, 0.3) is 5.91 Å². The van der Waals surface area contributed by atoms with Crippen molar-refractivity contribution in [3.05, 3.63) is 23.8 Å². The molecule has 122 valence electrons. The van der Waals surface area contributed by atoms with E-state index in [-0.39, 0.29) is 24.5 Å². The third-order valence-corrected chi connectivity index (χ3v) is 3.80. The summed E-state index contributed by atoms with van der Waals surface area (Å²) >= 11 is 0. The van der Waals surface area contributed by atoms with Crippen molar-refractivity contribution in [2.45, 2.75) is 25.3 Å². The topological polar surface area (TPSA) is 109 Å². The molecule has 2 atom stereocenters. The number of nitriles is 1. The first-order chi connectivity index (χ1) is 11.0. The second kappa shape index (κ2) is 7.49. The Hall–Kier alpha value is -2.75. The van der Waals surface area contributed by atoms with Crippen molar-refractivity contribution >= 4 is 11.9 Å². The Morgan fingerprint density at radius 2 is 2.17 bits per heavy atom. The van der Waals surface area contributed by atoms with Crippen molar-refractivity contribution in [3.8, 4) is 17.6 Å². The van der Waals surface area contributed by atoms with Gasteiger partial charge in [0.2, 0.25) is 0 Å². The van der Waals surface area contributed by atoms with E-state index in [0.717, 1.165) is 0 Å². The van der Waals surface area contributed by atoms with Gasteiger partial charge in [-0.1, -0.05) is 0 Å². The van der Waals surface area contributed by atoms with Gasteiger partial charge in [0.05, 0.1) is 24.7 Å². The minimum absolute atomic E-state index is 0.130. The minimum atomic E-state index is -0.819. The minimum Gasteiger partial charge on any atom is -0.493 e. The van der Waals surface area contributed by atoms with E-state index in [1.54, 1.807) is 12.1 Å². The SMILES string of the molecule is COc1cc(C#N)ccc1OCC(=O)N[C@@H]1CC[C@H](C(=O)O)C1. The summed E-state index contributed by atoms with van der Waals surface area (Å²) in [4.78, 5) is 22.8. The Bertz CT molecular complexity index is 638. The fourth-order valence-corrected chi connectivity index (χ4v) is 2.61. The molecule has 1 saturated carbocycles. The number of carbonyl (C=O) groups excluding carboxylic acids is 1. The monoisotopic (exact) mass is 318 g/mol. The van der Waals surface area contributed by atoms with Crippen molar-refractivity contribution < 1.29 is 24.2 Å². The number of hydrogen-bond acceptors (Lipinski definition) is 5. The van der Waals surface area contributed by atoms with Crippen LogP contribution >= 0.6 is 0 Å². The van der Waals surface area contributed by atoms with Crippen LogP contribution in [0.15, 0.2) is 18.2 Å². The summed E-state index contributed by atoms with van der Waals surface area (Å²) in [6, 6.07) is 6.54. The van der Waals surface area contributed by atoms with Crippen LogP contribution < -0.4 is 14.8 Å². The standard InChI is InChI=1S/C16H18N2O5/c1-22-14-6-10(8-17)2-5-13(14)23-9-15(19)18-12-4-3-11(7-12)16(20)21/h2,5-6,11-12H,3-4,7,9H2,1H3,(H,18,19)(H,20,21)/t11-,12+/m0/s1. The Morgan fingerprint density at radius 1 is 1.39 bits per heavy atom. The number of amides is 1. The lowest BCUT2D eigenvalue weighted by molar-refractivity contribution is -0.141. The van der Waals surface area contributed by atoms with Crippen LogP contribution in [0.1, 0.15) is 24.8 Å². The molecule has 1 fully saturated rings. The number of carboxylic acids is 1. The number of aliphatic carboxylic acids is 1. The number of benzene rings is 1. The van der Waals surface area contributed by atoms with E-state index in [9.17, 15) is 9.59 Å². The van der Waals surface area contributed by atoms with E-state index >= 15 is 0 Å². The Morgan fingerprint density at radius 3 is 2.78 bits per heavy atom. The number of carboxylic acid groups (broad SMARTS) is 1. The third kappa shape index (κ3) is 4.36. The van der Waals surface area contributed by atoms with Crippen LogP contribution in [-0.2, 0) is 9.59 Å². The highest BCUT2D eigenvalue weighted by molar-refractivity contribution is 5.78. The fraction of sp³-hybridized carbons (Fsp3) is 0.438. The molecule has 2 N–H and O–H groups in total. The summed E-state index contributed by atoms with van der Waals surface area (Å²) in [6.45, 7) is -0.198. The predicted molar refractivity (Wildman–Crippen MR) is 80.1 cm³/mol. The maximum atomic E-state index is 11.9. The van der Waals surface area contributed by atoms with E-state index in [1.807, 2.05) is 6.07 Å². The number of hydrogen-bond donors (Lipinski definition) is 2. The van der Waals surface area contributed by atoms with E-state index in [4.69, 9.17) is 19.8 Å². The average Bonchev–Trinajstić information content (AvgIpc) is 3.01. The van der Waals surface area contributed by atoms with Crippen LogP contribution in [0.3, 0.4) is 0 Å². The molecule has 0 unspecified atom stereocenters. The van der Waals surface area contributed by atoms with Gasteiger partial charge in [0.1, 0.15) is 0 Å². The zero-order chi connectivity index (χ0) is 16.8. The number of carbonyl (C=O) groups is 2. The predicted octanol–water partition coefficient (Wildman–Crippen LogP) is 1.32. The number of rotatable bonds is 6. The van der Waals surface area contributed by atoms with Crippen LogP contribution in [0.25, 0.3) is 0 Å². The molecule has 1 aliphatic rings. The summed E-state index contributed by atoms with van der Waals surface area (Å²) in [5.74, 6) is -0.771. The lowest BCUT2D eigenvalue weighted by atomic mass is 10.1. The van der Waals surface area contributed by atoms with E-state index in [0.29, 0.717) is 36.3 Å². The second-order valence-corrected chi connectivity index (χ2v) is 5.38. The second-order valence-electron chi connectivity index (χ2n) is 5.38.